The molecule has 10 heteroatoms. The molecule has 0 spiro atoms. The van der Waals surface area contributed by atoms with Gasteiger partial charge in [-0.25, -0.2) is 22.3 Å². The van der Waals surface area contributed by atoms with Crippen molar-refractivity contribution >= 4 is 27.6 Å². The highest BCUT2D eigenvalue weighted by molar-refractivity contribution is 7.89. The van der Waals surface area contributed by atoms with Crippen molar-refractivity contribution in [2.24, 2.45) is 0 Å². The van der Waals surface area contributed by atoms with Gasteiger partial charge in [0, 0.05) is 11.2 Å². The van der Waals surface area contributed by atoms with Crippen molar-refractivity contribution < 1.29 is 31.9 Å². The average Bonchev–Trinajstić information content (AvgIpc) is 2.68. The second kappa shape index (κ2) is 9.66. The average molecular weight is 467 g/mol. The molecule has 0 saturated heterocycles. The summed E-state index contributed by atoms with van der Waals surface area (Å²) in [6.07, 6.45) is -1.22. The first kappa shape index (κ1) is 25.3. The first-order chi connectivity index (χ1) is 14.7. The molecule has 0 radical (unpaired) electrons. The standard InChI is InChI=1S/C22H27FN2O6S/c1-13-7-9-16(12-17(13)23)24-20(26)14(2)31-21(27)15-8-10-18(30-6)19(11-15)32(28,29)25-22(3,4)5/h7-12,14,25H,1-6H3,(H,24,26). The van der Waals surface area contributed by atoms with Gasteiger partial charge >= 0.3 is 5.97 Å². The van der Waals surface area contributed by atoms with Crippen LogP contribution in [0.5, 0.6) is 5.75 Å². The Morgan fingerprint density at radius 3 is 2.31 bits per heavy atom. The summed E-state index contributed by atoms with van der Waals surface area (Å²) in [6, 6.07) is 7.96. The third-order valence-corrected chi connectivity index (χ3v) is 6.00. The van der Waals surface area contributed by atoms with E-state index >= 15 is 0 Å². The molecule has 0 aromatic heterocycles. The van der Waals surface area contributed by atoms with Gasteiger partial charge in [-0.2, -0.15) is 0 Å². The number of esters is 1. The van der Waals surface area contributed by atoms with Gasteiger partial charge in [-0.3, -0.25) is 4.79 Å². The quantitative estimate of drug-likeness (QED) is 0.605. The van der Waals surface area contributed by atoms with E-state index in [-0.39, 0.29) is 21.9 Å². The number of amides is 1. The van der Waals surface area contributed by atoms with Crippen LogP contribution in [-0.4, -0.2) is 39.0 Å². The molecule has 8 nitrogen and oxygen atoms in total. The van der Waals surface area contributed by atoms with Gasteiger partial charge in [0.05, 0.1) is 12.7 Å². The van der Waals surface area contributed by atoms with Crippen LogP contribution >= 0.6 is 0 Å². The van der Waals surface area contributed by atoms with Crippen molar-refractivity contribution in [1.82, 2.24) is 4.72 Å². The molecule has 2 aromatic rings. The van der Waals surface area contributed by atoms with Gasteiger partial charge in [0.25, 0.3) is 5.91 Å². The van der Waals surface area contributed by atoms with E-state index in [1.54, 1.807) is 27.7 Å². The van der Waals surface area contributed by atoms with Crippen molar-refractivity contribution in [1.29, 1.82) is 0 Å². The van der Waals surface area contributed by atoms with Crippen LogP contribution in [0.4, 0.5) is 10.1 Å². The Hall–Kier alpha value is -2.98. The Morgan fingerprint density at radius 2 is 1.75 bits per heavy atom. The minimum Gasteiger partial charge on any atom is -0.495 e. The fourth-order valence-electron chi connectivity index (χ4n) is 2.67. The van der Waals surface area contributed by atoms with Crippen molar-refractivity contribution in [2.75, 3.05) is 12.4 Å². The topological polar surface area (TPSA) is 111 Å². The van der Waals surface area contributed by atoms with Gasteiger partial charge in [-0.1, -0.05) is 6.07 Å². The smallest absolute Gasteiger partial charge is 0.338 e. The number of methoxy groups -OCH3 is 1. The first-order valence-corrected chi connectivity index (χ1v) is 11.2. The van der Waals surface area contributed by atoms with Gasteiger partial charge in [-0.15, -0.1) is 0 Å². The molecule has 0 aliphatic heterocycles. The highest BCUT2D eigenvalue weighted by Crippen LogP contribution is 2.26. The number of hydrogen-bond donors (Lipinski definition) is 2. The van der Waals surface area contributed by atoms with Crippen molar-refractivity contribution in [2.45, 2.75) is 51.2 Å². The predicted molar refractivity (Wildman–Crippen MR) is 118 cm³/mol. The highest BCUT2D eigenvalue weighted by atomic mass is 32.2. The lowest BCUT2D eigenvalue weighted by Gasteiger charge is -2.21. The lowest BCUT2D eigenvalue weighted by molar-refractivity contribution is -0.123. The zero-order valence-electron chi connectivity index (χ0n) is 18.8. The molecule has 0 saturated carbocycles. The second-order valence-electron chi connectivity index (χ2n) is 8.22. The van der Waals surface area contributed by atoms with E-state index < -0.39 is 39.4 Å². The SMILES string of the molecule is COc1ccc(C(=O)OC(C)C(=O)Nc2ccc(C)c(F)c2)cc1S(=O)(=O)NC(C)(C)C. The second-order valence-corrected chi connectivity index (χ2v) is 9.87. The van der Waals surface area contributed by atoms with Gasteiger partial charge in [-0.05, 0) is 70.5 Å². The minimum absolute atomic E-state index is 0.0467. The Balaban J connectivity index is 2.20. The van der Waals surface area contributed by atoms with Crippen LogP contribution in [-0.2, 0) is 19.6 Å². The molecule has 0 aliphatic carbocycles. The highest BCUT2D eigenvalue weighted by Gasteiger charge is 2.27. The molecule has 0 bridgehead atoms. The number of hydrogen-bond acceptors (Lipinski definition) is 6. The number of ether oxygens (including phenoxy) is 2. The molecule has 1 unspecified atom stereocenters. The number of nitrogens with one attached hydrogen (secondary N) is 2. The maximum atomic E-state index is 13.7. The summed E-state index contributed by atoms with van der Waals surface area (Å²) < 4.78 is 51.9. The molecule has 0 heterocycles. The molecule has 174 valence electrons. The van der Waals surface area contributed by atoms with Crippen LogP contribution in [0.15, 0.2) is 41.3 Å². The summed E-state index contributed by atoms with van der Waals surface area (Å²) in [5, 5.41) is 2.46. The Bertz CT molecular complexity index is 1130. The van der Waals surface area contributed by atoms with Crippen molar-refractivity contribution in [3.63, 3.8) is 0 Å². The maximum Gasteiger partial charge on any atom is 0.338 e. The van der Waals surface area contributed by atoms with Crippen LogP contribution in [0.3, 0.4) is 0 Å². The number of rotatable bonds is 7. The normalized spacial score (nSPS) is 12.7. The molecule has 1 atom stereocenters. The molecule has 2 N–H and O–H groups in total. The third-order valence-electron chi connectivity index (χ3n) is 4.22. The van der Waals surface area contributed by atoms with Gasteiger partial charge in [0.2, 0.25) is 10.0 Å². The largest absolute Gasteiger partial charge is 0.495 e. The Kier molecular flexibility index (Phi) is 7.63. The van der Waals surface area contributed by atoms with Crippen LogP contribution < -0.4 is 14.8 Å². The third kappa shape index (κ3) is 6.51. The Morgan fingerprint density at radius 1 is 1.09 bits per heavy atom. The van der Waals surface area contributed by atoms with Crippen molar-refractivity contribution in [3.05, 3.63) is 53.3 Å². The summed E-state index contributed by atoms with van der Waals surface area (Å²) in [5.41, 5.74) is -0.204. The molecule has 1 amide bonds. The van der Waals surface area contributed by atoms with E-state index in [0.29, 0.717) is 5.56 Å². The molecule has 0 fully saturated rings. The molecule has 2 rings (SSSR count). The lowest BCUT2D eigenvalue weighted by Crippen LogP contribution is -2.40. The van der Waals surface area contributed by atoms with E-state index in [1.807, 2.05) is 0 Å². The van der Waals surface area contributed by atoms with Gasteiger partial charge in [0.1, 0.15) is 16.5 Å². The van der Waals surface area contributed by atoms with Gasteiger partial charge in [0.15, 0.2) is 6.10 Å². The molecule has 2 aromatic carbocycles. The maximum absolute atomic E-state index is 13.7. The van der Waals surface area contributed by atoms with E-state index in [1.165, 1.54) is 38.3 Å². The number of sulfonamides is 1. The Labute approximate surface area is 187 Å². The van der Waals surface area contributed by atoms with Crippen LogP contribution in [0.2, 0.25) is 0 Å². The minimum atomic E-state index is -4.01. The first-order valence-electron chi connectivity index (χ1n) is 9.73. The van der Waals surface area contributed by atoms with Crippen molar-refractivity contribution in [3.8, 4) is 5.75 Å². The summed E-state index contributed by atoms with van der Waals surface area (Å²) in [6.45, 7) is 7.96. The van der Waals surface area contributed by atoms with E-state index in [0.717, 1.165) is 12.1 Å². The number of carbonyl (C=O) groups is 2. The zero-order valence-corrected chi connectivity index (χ0v) is 19.6. The number of aryl methyl sites for hydroxylation is 1. The fourth-order valence-corrected chi connectivity index (χ4v) is 4.28. The zero-order chi connectivity index (χ0) is 24.3. The predicted octanol–water partition coefficient (Wildman–Crippen LogP) is 3.40. The lowest BCUT2D eigenvalue weighted by atomic mass is 10.1. The van der Waals surface area contributed by atoms with Crippen LogP contribution in [0, 0.1) is 12.7 Å². The molecule has 32 heavy (non-hydrogen) atoms. The molecular formula is C22H27FN2O6S. The van der Waals surface area contributed by atoms with E-state index in [2.05, 4.69) is 10.0 Å². The fraction of sp³-hybridized carbons (Fsp3) is 0.364. The summed E-state index contributed by atoms with van der Waals surface area (Å²) in [4.78, 5) is 24.6. The van der Waals surface area contributed by atoms with Crippen LogP contribution in [0.1, 0.15) is 43.6 Å². The number of halogens is 1. The monoisotopic (exact) mass is 466 g/mol. The number of anilines is 1. The number of carbonyl (C=O) groups excluding carboxylic acids is 2. The summed E-state index contributed by atoms with van der Waals surface area (Å²) >= 11 is 0. The van der Waals surface area contributed by atoms with Gasteiger partial charge < -0.3 is 14.8 Å². The number of benzene rings is 2. The van der Waals surface area contributed by atoms with Crippen LogP contribution in [0.25, 0.3) is 0 Å². The summed E-state index contributed by atoms with van der Waals surface area (Å²) in [5.74, 6) is -2.01. The molecular weight excluding hydrogens is 439 g/mol. The summed E-state index contributed by atoms with van der Waals surface area (Å²) in [7, 11) is -2.70. The van der Waals surface area contributed by atoms with E-state index in [9.17, 15) is 22.4 Å². The molecule has 0 aliphatic rings. The van der Waals surface area contributed by atoms with E-state index in [4.69, 9.17) is 9.47 Å².